The van der Waals surface area contributed by atoms with Gasteiger partial charge in [-0.1, -0.05) is 42.5 Å². The lowest BCUT2D eigenvalue weighted by Crippen LogP contribution is -2.32. The third-order valence-corrected chi connectivity index (χ3v) is 7.02. The molecular weight excluding hydrogens is 362 g/mol. The molecule has 0 unspecified atom stereocenters. The third kappa shape index (κ3) is 2.95. The molecule has 0 spiro atoms. The molecule has 1 saturated carbocycles. The lowest BCUT2D eigenvalue weighted by atomic mass is 10.1. The highest BCUT2D eigenvalue weighted by atomic mass is 32.2. The quantitative estimate of drug-likeness (QED) is 0.672. The standard InChI is InChI=1S/C21H19NO4S/c23-27(24,21-7-3-5-16-4-1-2-6-18(16)21)22(17-9-10-17)13-15-8-11-19-20(12-15)26-14-25-19/h1-8,11-12,17H,9-10,13-14H2. The molecule has 3 aromatic rings. The van der Waals surface area contributed by atoms with Crippen LogP contribution in [0.1, 0.15) is 18.4 Å². The van der Waals surface area contributed by atoms with E-state index < -0.39 is 10.0 Å². The van der Waals surface area contributed by atoms with Crippen LogP contribution >= 0.6 is 0 Å². The van der Waals surface area contributed by atoms with Crippen LogP contribution in [-0.2, 0) is 16.6 Å². The first-order valence-electron chi connectivity index (χ1n) is 9.01. The third-order valence-electron chi connectivity index (χ3n) is 5.07. The summed E-state index contributed by atoms with van der Waals surface area (Å²) in [7, 11) is -3.62. The summed E-state index contributed by atoms with van der Waals surface area (Å²) in [5.41, 5.74) is 0.898. The van der Waals surface area contributed by atoms with Crippen LogP contribution in [0.15, 0.2) is 65.6 Å². The molecule has 0 N–H and O–H groups in total. The van der Waals surface area contributed by atoms with Crippen LogP contribution in [0.25, 0.3) is 10.8 Å². The van der Waals surface area contributed by atoms with Crippen LogP contribution in [0, 0.1) is 0 Å². The van der Waals surface area contributed by atoms with Crippen molar-refractivity contribution in [3.05, 3.63) is 66.2 Å². The minimum absolute atomic E-state index is 0.0550. The molecule has 3 aromatic carbocycles. The second kappa shape index (κ2) is 6.25. The van der Waals surface area contributed by atoms with E-state index in [0.29, 0.717) is 22.9 Å². The lowest BCUT2D eigenvalue weighted by molar-refractivity contribution is 0.174. The van der Waals surface area contributed by atoms with Gasteiger partial charge >= 0.3 is 0 Å². The first-order chi connectivity index (χ1) is 13.1. The van der Waals surface area contributed by atoms with Gasteiger partial charge in [-0.3, -0.25) is 0 Å². The van der Waals surface area contributed by atoms with Gasteiger partial charge in [-0.05, 0) is 42.0 Å². The van der Waals surface area contributed by atoms with E-state index in [1.807, 2.05) is 48.5 Å². The predicted molar refractivity (Wildman–Crippen MR) is 102 cm³/mol. The molecule has 2 aliphatic rings. The molecule has 1 fully saturated rings. The van der Waals surface area contributed by atoms with Gasteiger partial charge in [0.25, 0.3) is 0 Å². The zero-order chi connectivity index (χ0) is 18.4. The second-order valence-corrected chi connectivity index (χ2v) is 8.81. The van der Waals surface area contributed by atoms with Gasteiger partial charge < -0.3 is 9.47 Å². The monoisotopic (exact) mass is 381 g/mol. The normalized spacial score (nSPS) is 16.2. The van der Waals surface area contributed by atoms with Crippen molar-refractivity contribution in [2.45, 2.75) is 30.3 Å². The Hall–Kier alpha value is -2.57. The highest BCUT2D eigenvalue weighted by Crippen LogP contribution is 2.37. The summed E-state index contributed by atoms with van der Waals surface area (Å²) < 4.78 is 39.5. The zero-order valence-electron chi connectivity index (χ0n) is 14.7. The number of benzene rings is 3. The first kappa shape index (κ1) is 16.6. The summed E-state index contributed by atoms with van der Waals surface area (Å²) >= 11 is 0. The molecule has 0 saturated heterocycles. The Morgan fingerprint density at radius 2 is 1.70 bits per heavy atom. The SMILES string of the molecule is O=S(=O)(c1cccc2ccccc12)N(Cc1ccc2c(c1)OCO2)C1CC1. The lowest BCUT2D eigenvalue weighted by Gasteiger charge is -2.23. The van der Waals surface area contributed by atoms with Crippen molar-refractivity contribution < 1.29 is 17.9 Å². The van der Waals surface area contributed by atoms with Gasteiger partial charge in [0.05, 0.1) is 4.90 Å². The Labute approximate surface area is 158 Å². The Bertz CT molecular complexity index is 1120. The average Bonchev–Trinajstić information content (AvgIpc) is 3.42. The van der Waals surface area contributed by atoms with Crippen LogP contribution < -0.4 is 9.47 Å². The van der Waals surface area contributed by atoms with E-state index >= 15 is 0 Å². The fourth-order valence-corrected chi connectivity index (χ4v) is 5.43. The average molecular weight is 381 g/mol. The summed E-state index contributed by atoms with van der Waals surface area (Å²) in [6.07, 6.45) is 1.79. The summed E-state index contributed by atoms with van der Waals surface area (Å²) in [5.74, 6) is 1.37. The van der Waals surface area contributed by atoms with Gasteiger partial charge in [-0.25, -0.2) is 8.42 Å². The smallest absolute Gasteiger partial charge is 0.244 e. The minimum atomic E-state index is -3.62. The van der Waals surface area contributed by atoms with Crippen LogP contribution in [0.3, 0.4) is 0 Å². The molecule has 138 valence electrons. The summed E-state index contributed by atoms with van der Waals surface area (Å²) in [4.78, 5) is 0.369. The van der Waals surface area contributed by atoms with Crippen LogP contribution in [-0.4, -0.2) is 25.6 Å². The van der Waals surface area contributed by atoms with Crippen molar-refractivity contribution >= 4 is 20.8 Å². The van der Waals surface area contributed by atoms with E-state index in [1.54, 1.807) is 16.4 Å². The fourth-order valence-electron chi connectivity index (χ4n) is 3.54. The van der Waals surface area contributed by atoms with Gasteiger partial charge in [0.2, 0.25) is 16.8 Å². The zero-order valence-corrected chi connectivity index (χ0v) is 15.5. The van der Waals surface area contributed by atoms with E-state index in [1.165, 1.54) is 0 Å². The Balaban J connectivity index is 1.54. The second-order valence-electron chi connectivity index (χ2n) is 6.95. The van der Waals surface area contributed by atoms with Gasteiger partial charge in [-0.15, -0.1) is 0 Å². The number of fused-ring (bicyclic) bond motifs is 2. The highest BCUT2D eigenvalue weighted by Gasteiger charge is 2.38. The number of hydrogen-bond acceptors (Lipinski definition) is 4. The van der Waals surface area contributed by atoms with E-state index in [0.717, 1.165) is 29.2 Å². The Kier molecular flexibility index (Phi) is 3.84. The van der Waals surface area contributed by atoms with E-state index in [4.69, 9.17) is 9.47 Å². The van der Waals surface area contributed by atoms with Crippen molar-refractivity contribution in [2.75, 3.05) is 6.79 Å². The predicted octanol–water partition coefficient (Wildman–Crippen LogP) is 3.92. The molecule has 0 radical (unpaired) electrons. The number of hydrogen-bond donors (Lipinski definition) is 0. The van der Waals surface area contributed by atoms with Crippen molar-refractivity contribution in [1.29, 1.82) is 0 Å². The van der Waals surface area contributed by atoms with Crippen molar-refractivity contribution in [3.8, 4) is 11.5 Å². The van der Waals surface area contributed by atoms with Crippen molar-refractivity contribution in [3.63, 3.8) is 0 Å². The largest absolute Gasteiger partial charge is 0.454 e. The molecule has 0 atom stereocenters. The Morgan fingerprint density at radius 3 is 2.56 bits per heavy atom. The van der Waals surface area contributed by atoms with Gasteiger partial charge in [0.1, 0.15) is 0 Å². The number of sulfonamides is 1. The van der Waals surface area contributed by atoms with Gasteiger partial charge in [0.15, 0.2) is 11.5 Å². The fraction of sp³-hybridized carbons (Fsp3) is 0.238. The molecule has 5 rings (SSSR count). The van der Waals surface area contributed by atoms with Crippen LogP contribution in [0.4, 0.5) is 0 Å². The van der Waals surface area contributed by atoms with E-state index in [-0.39, 0.29) is 12.8 Å². The summed E-state index contributed by atoms with van der Waals surface area (Å²) in [6.45, 7) is 0.534. The molecule has 0 aromatic heterocycles. The van der Waals surface area contributed by atoms with Crippen molar-refractivity contribution in [1.82, 2.24) is 4.31 Å². The molecule has 6 heteroatoms. The van der Waals surface area contributed by atoms with Crippen LogP contribution in [0.2, 0.25) is 0 Å². The molecule has 27 heavy (non-hydrogen) atoms. The van der Waals surface area contributed by atoms with E-state index in [9.17, 15) is 8.42 Å². The van der Waals surface area contributed by atoms with Gasteiger partial charge in [0, 0.05) is 18.0 Å². The maximum Gasteiger partial charge on any atom is 0.244 e. The maximum atomic E-state index is 13.5. The van der Waals surface area contributed by atoms with Gasteiger partial charge in [-0.2, -0.15) is 4.31 Å². The molecule has 0 bridgehead atoms. The topological polar surface area (TPSA) is 55.8 Å². The maximum absolute atomic E-state index is 13.5. The molecule has 5 nitrogen and oxygen atoms in total. The summed E-state index contributed by atoms with van der Waals surface area (Å²) in [6, 6.07) is 18.7. The van der Waals surface area contributed by atoms with E-state index in [2.05, 4.69) is 0 Å². The number of ether oxygens (including phenoxy) is 2. The molecular formula is C21H19NO4S. The highest BCUT2D eigenvalue weighted by molar-refractivity contribution is 7.89. The molecule has 1 heterocycles. The first-order valence-corrected chi connectivity index (χ1v) is 10.4. The molecule has 1 aliphatic carbocycles. The summed E-state index contributed by atoms with van der Waals surface area (Å²) in [5, 5.41) is 1.69. The Morgan fingerprint density at radius 1 is 0.926 bits per heavy atom. The van der Waals surface area contributed by atoms with Crippen molar-refractivity contribution in [2.24, 2.45) is 0 Å². The number of nitrogens with zero attached hydrogens (tertiary/aromatic N) is 1. The van der Waals surface area contributed by atoms with Crippen LogP contribution in [0.5, 0.6) is 11.5 Å². The molecule has 0 amide bonds. The molecule has 1 aliphatic heterocycles. The number of rotatable bonds is 5. The minimum Gasteiger partial charge on any atom is -0.454 e.